The number of hydrogen-bond donors (Lipinski definition) is 0. The Bertz CT molecular complexity index is 331. The third-order valence-electron chi connectivity index (χ3n) is 2.09. The Balaban J connectivity index is 2.52. The molecule has 1 aliphatic heterocycles. The molecule has 0 N–H and O–H groups in total. The summed E-state index contributed by atoms with van der Waals surface area (Å²) in [5.74, 6) is 0.473. The fourth-order valence-corrected chi connectivity index (χ4v) is 2.20. The van der Waals surface area contributed by atoms with Gasteiger partial charge in [0.1, 0.15) is 0 Å². The lowest BCUT2D eigenvalue weighted by Gasteiger charge is -2.15. The maximum atomic E-state index is 4.22. The Labute approximate surface area is 77.0 Å². The van der Waals surface area contributed by atoms with Gasteiger partial charge in [-0.25, -0.2) is 4.40 Å². The van der Waals surface area contributed by atoms with Crippen LogP contribution >= 0.6 is 11.9 Å². The van der Waals surface area contributed by atoms with Crippen LogP contribution in [0.2, 0.25) is 0 Å². The fraction of sp³-hybridized carbons (Fsp3) is 0.300. The Morgan fingerprint density at radius 1 is 1.42 bits per heavy atom. The lowest BCUT2D eigenvalue weighted by molar-refractivity contribution is 0.990. The first kappa shape index (κ1) is 7.87. The zero-order valence-electron chi connectivity index (χ0n) is 7.24. The molecular formula is C10H11NS. The van der Waals surface area contributed by atoms with Gasteiger partial charge in [0.2, 0.25) is 0 Å². The molecule has 1 aliphatic rings. The second-order valence-electron chi connectivity index (χ2n) is 3.18. The van der Waals surface area contributed by atoms with Crippen LogP contribution in [0.25, 0.3) is 0 Å². The van der Waals surface area contributed by atoms with Crippen LogP contribution in [0, 0.1) is 6.92 Å². The number of nitrogens with zero attached hydrogens (tertiary/aromatic N) is 1. The normalized spacial score (nSPS) is 20.7. The highest BCUT2D eigenvalue weighted by atomic mass is 32.2. The van der Waals surface area contributed by atoms with E-state index in [2.05, 4.69) is 36.4 Å². The number of hydrogen-bond acceptors (Lipinski definition) is 2. The topological polar surface area (TPSA) is 12.4 Å². The van der Waals surface area contributed by atoms with Crippen molar-refractivity contribution in [1.29, 1.82) is 0 Å². The van der Waals surface area contributed by atoms with Crippen LogP contribution in [0.15, 0.2) is 27.5 Å². The predicted molar refractivity (Wildman–Crippen MR) is 53.9 cm³/mol. The van der Waals surface area contributed by atoms with E-state index < -0.39 is 0 Å². The smallest absolute Gasteiger partial charge is 0.0344 e. The Hall–Kier alpha value is -0.760. The number of fused-ring (bicyclic) bond motifs is 1. The van der Waals surface area contributed by atoms with Gasteiger partial charge in [0, 0.05) is 29.0 Å². The Kier molecular flexibility index (Phi) is 1.93. The second kappa shape index (κ2) is 2.94. The van der Waals surface area contributed by atoms with Crippen molar-refractivity contribution in [3.63, 3.8) is 0 Å². The van der Waals surface area contributed by atoms with Crippen molar-refractivity contribution in [2.45, 2.75) is 24.7 Å². The molecule has 0 fully saturated rings. The highest BCUT2D eigenvalue weighted by Crippen LogP contribution is 2.33. The summed E-state index contributed by atoms with van der Waals surface area (Å²) in [6.07, 6.45) is 2.01. The maximum Gasteiger partial charge on any atom is 0.0344 e. The summed E-state index contributed by atoms with van der Waals surface area (Å²) in [6, 6.07) is 6.54. The molecule has 2 rings (SSSR count). The molecule has 0 amide bonds. The third kappa shape index (κ3) is 1.27. The van der Waals surface area contributed by atoms with Crippen LogP contribution in [0.5, 0.6) is 0 Å². The molecule has 2 heteroatoms. The van der Waals surface area contributed by atoms with Crippen molar-refractivity contribution in [2.75, 3.05) is 0 Å². The summed E-state index contributed by atoms with van der Waals surface area (Å²) >= 11 is 1.57. The van der Waals surface area contributed by atoms with E-state index in [1.807, 2.05) is 6.21 Å². The van der Waals surface area contributed by atoms with Gasteiger partial charge < -0.3 is 0 Å². The maximum absolute atomic E-state index is 4.22. The molecule has 1 aromatic carbocycles. The van der Waals surface area contributed by atoms with Crippen molar-refractivity contribution in [2.24, 2.45) is 4.40 Å². The van der Waals surface area contributed by atoms with E-state index in [1.165, 1.54) is 16.0 Å². The average molecular weight is 177 g/mol. The minimum Gasteiger partial charge on any atom is -0.223 e. The summed E-state index contributed by atoms with van der Waals surface area (Å²) in [6.45, 7) is 4.31. The van der Waals surface area contributed by atoms with Gasteiger partial charge >= 0.3 is 0 Å². The lowest BCUT2D eigenvalue weighted by Crippen LogP contribution is -2.00. The zero-order valence-corrected chi connectivity index (χ0v) is 8.06. The van der Waals surface area contributed by atoms with Crippen molar-refractivity contribution >= 4 is 18.2 Å². The Morgan fingerprint density at radius 3 is 3.08 bits per heavy atom. The first-order valence-electron chi connectivity index (χ1n) is 4.08. The lowest BCUT2D eigenvalue weighted by atomic mass is 10.0. The van der Waals surface area contributed by atoms with Gasteiger partial charge in [-0.3, -0.25) is 0 Å². The fourth-order valence-electron chi connectivity index (χ4n) is 1.37. The molecule has 0 aromatic heterocycles. The van der Waals surface area contributed by atoms with Crippen LogP contribution in [0.4, 0.5) is 0 Å². The standard InChI is InChI=1S/C10H11NS/c1-7-3-4-10-9(5-7)8(2)6-11-12-10/h3-6,8H,1-2H3/t8-/m1/s1. The molecule has 0 spiro atoms. The van der Waals surface area contributed by atoms with E-state index in [-0.39, 0.29) is 0 Å². The molecule has 0 aliphatic carbocycles. The number of benzene rings is 1. The van der Waals surface area contributed by atoms with Crippen LogP contribution in [0.1, 0.15) is 24.0 Å². The van der Waals surface area contributed by atoms with E-state index in [0.717, 1.165) is 0 Å². The third-order valence-corrected chi connectivity index (χ3v) is 2.89. The van der Waals surface area contributed by atoms with E-state index in [1.54, 1.807) is 11.9 Å². The van der Waals surface area contributed by atoms with Gasteiger partial charge in [0.05, 0.1) is 0 Å². The molecule has 1 atom stereocenters. The summed E-state index contributed by atoms with van der Waals surface area (Å²) in [7, 11) is 0. The van der Waals surface area contributed by atoms with Gasteiger partial charge in [-0.2, -0.15) is 0 Å². The monoisotopic (exact) mass is 177 g/mol. The highest BCUT2D eigenvalue weighted by Gasteiger charge is 2.12. The van der Waals surface area contributed by atoms with Crippen LogP contribution in [-0.2, 0) is 0 Å². The first-order chi connectivity index (χ1) is 5.77. The molecule has 0 saturated heterocycles. The molecule has 0 saturated carbocycles. The predicted octanol–water partition coefficient (Wildman–Crippen LogP) is 3.19. The zero-order chi connectivity index (χ0) is 8.55. The van der Waals surface area contributed by atoms with E-state index in [4.69, 9.17) is 0 Å². The molecule has 1 aromatic rings. The van der Waals surface area contributed by atoms with Gasteiger partial charge in [0.15, 0.2) is 0 Å². The Morgan fingerprint density at radius 2 is 2.25 bits per heavy atom. The van der Waals surface area contributed by atoms with Gasteiger partial charge in [0.25, 0.3) is 0 Å². The van der Waals surface area contributed by atoms with Crippen molar-refractivity contribution in [3.8, 4) is 0 Å². The van der Waals surface area contributed by atoms with Crippen LogP contribution in [0.3, 0.4) is 0 Å². The molecule has 0 radical (unpaired) electrons. The summed E-state index contributed by atoms with van der Waals surface area (Å²) < 4.78 is 4.22. The molecular weight excluding hydrogens is 166 g/mol. The molecule has 62 valence electrons. The largest absolute Gasteiger partial charge is 0.223 e. The molecule has 12 heavy (non-hydrogen) atoms. The van der Waals surface area contributed by atoms with Crippen molar-refractivity contribution in [1.82, 2.24) is 0 Å². The highest BCUT2D eigenvalue weighted by molar-refractivity contribution is 7.98. The molecule has 0 bridgehead atoms. The van der Waals surface area contributed by atoms with Gasteiger partial charge in [-0.1, -0.05) is 24.6 Å². The van der Waals surface area contributed by atoms with Gasteiger partial charge in [-0.05, 0) is 18.6 Å². The number of aryl methyl sites for hydroxylation is 1. The van der Waals surface area contributed by atoms with Gasteiger partial charge in [-0.15, -0.1) is 0 Å². The molecule has 1 heterocycles. The van der Waals surface area contributed by atoms with Crippen LogP contribution < -0.4 is 0 Å². The number of rotatable bonds is 0. The van der Waals surface area contributed by atoms with Crippen molar-refractivity contribution < 1.29 is 0 Å². The van der Waals surface area contributed by atoms with Crippen molar-refractivity contribution in [3.05, 3.63) is 29.3 Å². The molecule has 0 unspecified atom stereocenters. The molecule has 1 nitrogen and oxygen atoms in total. The van der Waals surface area contributed by atoms with Crippen LogP contribution in [-0.4, -0.2) is 6.21 Å². The second-order valence-corrected chi connectivity index (χ2v) is 4.01. The van der Waals surface area contributed by atoms with E-state index in [9.17, 15) is 0 Å². The van der Waals surface area contributed by atoms with E-state index in [0.29, 0.717) is 5.92 Å². The SMILES string of the molecule is Cc1ccc2c(c1)[C@H](C)C=NS2. The summed E-state index contributed by atoms with van der Waals surface area (Å²) in [5.41, 5.74) is 2.74. The first-order valence-corrected chi connectivity index (χ1v) is 4.86. The summed E-state index contributed by atoms with van der Waals surface area (Å²) in [5, 5.41) is 0. The van der Waals surface area contributed by atoms with E-state index >= 15 is 0 Å². The minimum atomic E-state index is 0.473. The average Bonchev–Trinajstić information content (AvgIpc) is 2.07. The minimum absolute atomic E-state index is 0.473. The summed E-state index contributed by atoms with van der Waals surface area (Å²) in [4.78, 5) is 1.30. The quantitative estimate of drug-likeness (QED) is 0.554.